The third kappa shape index (κ3) is 4.39. The van der Waals surface area contributed by atoms with Crippen LogP contribution in [0.2, 0.25) is 0 Å². The predicted molar refractivity (Wildman–Crippen MR) is 93.4 cm³/mol. The Bertz CT molecular complexity index is 686. The van der Waals surface area contributed by atoms with Crippen molar-refractivity contribution in [3.63, 3.8) is 0 Å². The molecule has 2 unspecified atom stereocenters. The first-order valence-corrected chi connectivity index (χ1v) is 8.19. The summed E-state index contributed by atoms with van der Waals surface area (Å²) in [4.78, 5) is 12.5. The lowest BCUT2D eigenvalue weighted by Crippen LogP contribution is -2.51. The SMILES string of the molecule is CC(Cc1ccccc1F)NC(=O)C(C)(N)c1ccc(Br)cc1. The van der Waals surface area contributed by atoms with E-state index in [1.165, 1.54) is 6.07 Å². The summed E-state index contributed by atoms with van der Waals surface area (Å²) >= 11 is 3.36. The van der Waals surface area contributed by atoms with E-state index < -0.39 is 5.54 Å². The topological polar surface area (TPSA) is 55.1 Å². The van der Waals surface area contributed by atoms with Crippen molar-refractivity contribution in [1.82, 2.24) is 5.32 Å². The minimum atomic E-state index is -1.15. The Hall–Kier alpha value is -1.72. The van der Waals surface area contributed by atoms with Gasteiger partial charge in [0, 0.05) is 10.5 Å². The summed E-state index contributed by atoms with van der Waals surface area (Å²) in [6, 6.07) is 13.6. The summed E-state index contributed by atoms with van der Waals surface area (Å²) in [6.45, 7) is 3.50. The number of benzene rings is 2. The van der Waals surface area contributed by atoms with Crippen LogP contribution in [0.25, 0.3) is 0 Å². The van der Waals surface area contributed by atoms with Gasteiger partial charge < -0.3 is 11.1 Å². The summed E-state index contributed by atoms with van der Waals surface area (Å²) < 4.78 is 14.6. The number of halogens is 2. The average molecular weight is 379 g/mol. The second kappa shape index (κ2) is 7.23. The summed E-state index contributed by atoms with van der Waals surface area (Å²) in [5.74, 6) is -0.555. The van der Waals surface area contributed by atoms with Gasteiger partial charge in [-0.3, -0.25) is 4.79 Å². The molecule has 0 aliphatic heterocycles. The van der Waals surface area contributed by atoms with Gasteiger partial charge in [0.2, 0.25) is 5.91 Å². The molecule has 0 spiro atoms. The van der Waals surface area contributed by atoms with Crippen molar-refractivity contribution in [1.29, 1.82) is 0 Å². The first-order chi connectivity index (χ1) is 10.8. The van der Waals surface area contributed by atoms with Crippen LogP contribution in [0, 0.1) is 5.82 Å². The summed E-state index contributed by atoms with van der Waals surface area (Å²) in [6.07, 6.45) is 0.412. The van der Waals surface area contributed by atoms with E-state index in [0.29, 0.717) is 12.0 Å². The van der Waals surface area contributed by atoms with Crippen LogP contribution in [-0.2, 0) is 16.8 Å². The Balaban J connectivity index is 2.05. The molecular weight excluding hydrogens is 359 g/mol. The van der Waals surface area contributed by atoms with E-state index in [2.05, 4.69) is 21.2 Å². The first-order valence-electron chi connectivity index (χ1n) is 7.40. The number of carbonyl (C=O) groups excluding carboxylic acids is 1. The third-order valence-electron chi connectivity index (χ3n) is 3.78. The van der Waals surface area contributed by atoms with Gasteiger partial charge in [0.15, 0.2) is 0 Å². The van der Waals surface area contributed by atoms with Gasteiger partial charge >= 0.3 is 0 Å². The van der Waals surface area contributed by atoms with Crippen LogP contribution in [0.4, 0.5) is 4.39 Å². The number of nitrogens with two attached hydrogens (primary N) is 1. The second-order valence-electron chi connectivity index (χ2n) is 5.88. The van der Waals surface area contributed by atoms with Gasteiger partial charge in [-0.25, -0.2) is 4.39 Å². The molecular formula is C18H20BrFN2O. The first kappa shape index (κ1) is 17.6. The Kier molecular flexibility index (Phi) is 5.55. The molecule has 0 aliphatic carbocycles. The Labute approximate surface area is 144 Å². The zero-order valence-electron chi connectivity index (χ0n) is 13.1. The zero-order chi connectivity index (χ0) is 17.0. The Morgan fingerprint density at radius 1 is 1.26 bits per heavy atom. The maximum atomic E-state index is 13.7. The van der Waals surface area contributed by atoms with Crippen molar-refractivity contribution in [2.24, 2.45) is 5.73 Å². The van der Waals surface area contributed by atoms with Gasteiger partial charge in [0.1, 0.15) is 11.4 Å². The molecule has 122 valence electrons. The van der Waals surface area contributed by atoms with E-state index in [-0.39, 0.29) is 17.8 Å². The molecule has 5 heteroatoms. The summed E-state index contributed by atoms with van der Waals surface area (Å²) in [5, 5.41) is 2.87. The Morgan fingerprint density at radius 3 is 2.48 bits per heavy atom. The molecule has 23 heavy (non-hydrogen) atoms. The highest BCUT2D eigenvalue weighted by atomic mass is 79.9. The smallest absolute Gasteiger partial charge is 0.244 e. The fraction of sp³-hybridized carbons (Fsp3) is 0.278. The van der Waals surface area contributed by atoms with Crippen LogP contribution in [0.15, 0.2) is 53.0 Å². The van der Waals surface area contributed by atoms with E-state index in [0.717, 1.165) is 10.0 Å². The van der Waals surface area contributed by atoms with E-state index in [4.69, 9.17) is 5.73 Å². The van der Waals surface area contributed by atoms with E-state index >= 15 is 0 Å². The number of rotatable bonds is 5. The zero-order valence-corrected chi connectivity index (χ0v) is 14.7. The molecule has 3 nitrogen and oxygen atoms in total. The van der Waals surface area contributed by atoms with Crippen LogP contribution in [0.3, 0.4) is 0 Å². The van der Waals surface area contributed by atoms with Crippen molar-refractivity contribution >= 4 is 21.8 Å². The summed E-state index contributed by atoms with van der Waals surface area (Å²) in [7, 11) is 0. The minimum Gasteiger partial charge on any atom is -0.351 e. The molecule has 0 saturated heterocycles. The standard InChI is InChI=1S/C18H20BrFN2O/c1-12(11-13-5-3-4-6-16(13)20)22-17(23)18(2,21)14-7-9-15(19)10-8-14/h3-10,12H,11,21H2,1-2H3,(H,22,23). The van der Waals surface area contributed by atoms with Crippen LogP contribution < -0.4 is 11.1 Å². The average Bonchev–Trinajstić information content (AvgIpc) is 2.50. The van der Waals surface area contributed by atoms with Crippen molar-refractivity contribution < 1.29 is 9.18 Å². The van der Waals surface area contributed by atoms with E-state index in [1.54, 1.807) is 25.1 Å². The Morgan fingerprint density at radius 2 is 1.87 bits per heavy atom. The molecule has 0 radical (unpaired) electrons. The highest BCUT2D eigenvalue weighted by Gasteiger charge is 2.31. The quantitative estimate of drug-likeness (QED) is 0.836. The molecule has 2 aromatic carbocycles. The molecule has 0 saturated carbocycles. The van der Waals surface area contributed by atoms with Crippen molar-refractivity contribution in [3.05, 3.63) is 69.9 Å². The maximum absolute atomic E-state index is 13.7. The van der Waals surface area contributed by atoms with Crippen LogP contribution in [0.1, 0.15) is 25.0 Å². The molecule has 0 heterocycles. The van der Waals surface area contributed by atoms with Crippen molar-refractivity contribution in [2.75, 3.05) is 0 Å². The highest BCUT2D eigenvalue weighted by molar-refractivity contribution is 9.10. The molecule has 0 fully saturated rings. The molecule has 2 aromatic rings. The molecule has 3 N–H and O–H groups in total. The number of carbonyl (C=O) groups is 1. The lowest BCUT2D eigenvalue weighted by Gasteiger charge is -2.26. The van der Waals surface area contributed by atoms with Crippen LogP contribution >= 0.6 is 15.9 Å². The van der Waals surface area contributed by atoms with Crippen LogP contribution in [-0.4, -0.2) is 11.9 Å². The highest BCUT2D eigenvalue weighted by Crippen LogP contribution is 2.21. The fourth-order valence-electron chi connectivity index (χ4n) is 2.35. The number of hydrogen-bond acceptors (Lipinski definition) is 2. The van der Waals surface area contributed by atoms with Crippen LogP contribution in [0.5, 0.6) is 0 Å². The summed E-state index contributed by atoms with van der Waals surface area (Å²) in [5.41, 5.74) is 6.34. The number of hydrogen-bond donors (Lipinski definition) is 2. The largest absolute Gasteiger partial charge is 0.351 e. The van der Waals surface area contributed by atoms with E-state index in [1.807, 2.05) is 31.2 Å². The predicted octanol–water partition coefficient (Wildman–Crippen LogP) is 3.51. The lowest BCUT2D eigenvalue weighted by atomic mass is 9.91. The van der Waals surface area contributed by atoms with E-state index in [9.17, 15) is 9.18 Å². The fourth-order valence-corrected chi connectivity index (χ4v) is 2.61. The van der Waals surface area contributed by atoms with Crippen molar-refractivity contribution in [2.45, 2.75) is 31.8 Å². The molecule has 2 rings (SSSR count). The van der Waals surface area contributed by atoms with Gasteiger partial charge in [-0.1, -0.05) is 46.3 Å². The molecule has 2 atom stereocenters. The normalized spacial score (nSPS) is 14.8. The molecule has 0 bridgehead atoms. The minimum absolute atomic E-state index is 0.224. The van der Waals surface area contributed by atoms with Gasteiger partial charge in [-0.15, -0.1) is 0 Å². The van der Waals surface area contributed by atoms with Gasteiger partial charge in [0.25, 0.3) is 0 Å². The molecule has 0 aromatic heterocycles. The van der Waals surface area contributed by atoms with Gasteiger partial charge in [-0.2, -0.15) is 0 Å². The monoisotopic (exact) mass is 378 g/mol. The van der Waals surface area contributed by atoms with Gasteiger partial charge in [0.05, 0.1) is 0 Å². The second-order valence-corrected chi connectivity index (χ2v) is 6.79. The number of amides is 1. The maximum Gasteiger partial charge on any atom is 0.244 e. The number of nitrogens with one attached hydrogen (secondary N) is 1. The third-order valence-corrected chi connectivity index (χ3v) is 4.31. The molecule has 0 aliphatic rings. The molecule has 1 amide bonds. The lowest BCUT2D eigenvalue weighted by molar-refractivity contribution is -0.126. The van der Waals surface area contributed by atoms with Gasteiger partial charge in [-0.05, 0) is 49.6 Å². The van der Waals surface area contributed by atoms with Crippen molar-refractivity contribution in [3.8, 4) is 0 Å².